The number of nitrogens with zero attached hydrogens (tertiary/aromatic N) is 2. The average molecular weight is 386 g/mol. The van der Waals surface area contributed by atoms with Crippen LogP contribution >= 0.6 is 23.1 Å². The molecule has 1 unspecified atom stereocenters. The minimum Gasteiger partial charge on any atom is -0.334 e. The van der Waals surface area contributed by atoms with E-state index in [1.807, 2.05) is 17.2 Å². The highest BCUT2D eigenvalue weighted by Gasteiger charge is 2.30. The second-order valence-electron chi connectivity index (χ2n) is 6.03. The normalized spacial score (nSPS) is 16.3. The first-order valence-corrected chi connectivity index (χ1v) is 10.5. The second-order valence-corrected chi connectivity index (χ2v) is 8.01. The highest BCUT2D eigenvalue weighted by atomic mass is 32.2. The SMILES string of the molecule is CSCC(=O)N1CCCC1c1ccc(C(=O)Nc2cccc(C#N)c2)s1. The van der Waals surface area contributed by atoms with Crippen LogP contribution < -0.4 is 5.32 Å². The summed E-state index contributed by atoms with van der Waals surface area (Å²) in [7, 11) is 0. The van der Waals surface area contributed by atoms with Crippen molar-refractivity contribution in [3.8, 4) is 6.07 Å². The summed E-state index contributed by atoms with van der Waals surface area (Å²) in [6.45, 7) is 0.782. The van der Waals surface area contributed by atoms with Gasteiger partial charge in [-0.3, -0.25) is 9.59 Å². The van der Waals surface area contributed by atoms with E-state index in [2.05, 4.69) is 11.4 Å². The van der Waals surface area contributed by atoms with Gasteiger partial charge in [-0.15, -0.1) is 11.3 Å². The van der Waals surface area contributed by atoms with Crippen LogP contribution in [0.2, 0.25) is 0 Å². The van der Waals surface area contributed by atoms with Gasteiger partial charge in [0.1, 0.15) is 0 Å². The van der Waals surface area contributed by atoms with Gasteiger partial charge in [0.05, 0.1) is 28.3 Å². The maximum atomic E-state index is 12.5. The van der Waals surface area contributed by atoms with Gasteiger partial charge in [0.25, 0.3) is 5.91 Å². The fourth-order valence-corrected chi connectivity index (χ4v) is 4.54. The fourth-order valence-electron chi connectivity index (χ4n) is 3.08. The maximum absolute atomic E-state index is 12.5. The van der Waals surface area contributed by atoms with Crippen LogP contribution in [0.15, 0.2) is 36.4 Å². The van der Waals surface area contributed by atoms with Crippen molar-refractivity contribution in [1.29, 1.82) is 5.26 Å². The molecule has 2 aromatic rings. The molecular weight excluding hydrogens is 366 g/mol. The number of carbonyl (C=O) groups is 2. The Balaban J connectivity index is 1.71. The van der Waals surface area contributed by atoms with Crippen LogP contribution in [0.4, 0.5) is 5.69 Å². The van der Waals surface area contributed by atoms with Gasteiger partial charge in [-0.1, -0.05) is 6.07 Å². The number of hydrogen-bond acceptors (Lipinski definition) is 5. The number of nitriles is 1. The number of benzene rings is 1. The number of hydrogen-bond donors (Lipinski definition) is 1. The third kappa shape index (κ3) is 4.09. The van der Waals surface area contributed by atoms with Crippen molar-refractivity contribution >= 4 is 40.6 Å². The topological polar surface area (TPSA) is 73.2 Å². The Hall–Kier alpha value is -2.30. The Bertz CT molecular complexity index is 856. The second kappa shape index (κ2) is 8.39. The molecule has 2 heterocycles. The summed E-state index contributed by atoms with van der Waals surface area (Å²) in [5, 5.41) is 11.8. The number of thioether (sulfide) groups is 1. The van der Waals surface area contributed by atoms with Crippen molar-refractivity contribution in [2.45, 2.75) is 18.9 Å². The van der Waals surface area contributed by atoms with Crippen LogP contribution in [0, 0.1) is 11.3 Å². The van der Waals surface area contributed by atoms with Crippen LogP contribution in [-0.4, -0.2) is 35.3 Å². The molecule has 1 N–H and O–H groups in total. The minimum absolute atomic E-state index is 0.0723. The van der Waals surface area contributed by atoms with Crippen molar-refractivity contribution in [3.63, 3.8) is 0 Å². The molecule has 1 aromatic heterocycles. The Labute approximate surface area is 161 Å². The lowest BCUT2D eigenvalue weighted by Crippen LogP contribution is -2.31. The summed E-state index contributed by atoms with van der Waals surface area (Å²) in [5.41, 5.74) is 1.10. The van der Waals surface area contributed by atoms with Crippen LogP contribution in [0.1, 0.15) is 39.0 Å². The van der Waals surface area contributed by atoms with E-state index in [1.165, 1.54) is 23.1 Å². The van der Waals surface area contributed by atoms with Gasteiger partial charge in [0.2, 0.25) is 5.91 Å². The van der Waals surface area contributed by atoms with Crippen LogP contribution in [-0.2, 0) is 4.79 Å². The molecule has 134 valence electrons. The fraction of sp³-hybridized carbons (Fsp3) is 0.316. The zero-order chi connectivity index (χ0) is 18.5. The average Bonchev–Trinajstić information content (AvgIpc) is 3.31. The molecule has 0 saturated carbocycles. The molecule has 1 saturated heterocycles. The summed E-state index contributed by atoms with van der Waals surface area (Å²) in [6, 6.07) is 12.7. The molecule has 26 heavy (non-hydrogen) atoms. The van der Waals surface area contributed by atoms with Crippen molar-refractivity contribution in [2.75, 3.05) is 23.9 Å². The predicted octanol–water partition coefficient (Wildman–Crippen LogP) is 3.90. The Morgan fingerprint density at radius 2 is 2.23 bits per heavy atom. The van der Waals surface area contributed by atoms with Gasteiger partial charge in [0, 0.05) is 17.1 Å². The van der Waals surface area contributed by atoms with Gasteiger partial charge < -0.3 is 10.2 Å². The van der Waals surface area contributed by atoms with Crippen molar-refractivity contribution in [2.24, 2.45) is 0 Å². The highest BCUT2D eigenvalue weighted by molar-refractivity contribution is 7.99. The molecule has 1 aliphatic heterocycles. The molecular formula is C19H19N3O2S2. The lowest BCUT2D eigenvalue weighted by atomic mass is 10.2. The molecule has 1 aromatic carbocycles. The zero-order valence-electron chi connectivity index (χ0n) is 14.4. The van der Waals surface area contributed by atoms with E-state index in [9.17, 15) is 9.59 Å². The van der Waals surface area contributed by atoms with Gasteiger partial charge in [-0.05, 0) is 49.4 Å². The summed E-state index contributed by atoms with van der Waals surface area (Å²) in [6.07, 6.45) is 3.86. The molecule has 1 atom stereocenters. The number of carbonyl (C=O) groups excluding carboxylic acids is 2. The van der Waals surface area contributed by atoms with Crippen molar-refractivity contribution < 1.29 is 9.59 Å². The van der Waals surface area contributed by atoms with Gasteiger partial charge in [-0.25, -0.2) is 0 Å². The first-order valence-electron chi connectivity index (χ1n) is 8.32. The molecule has 0 aliphatic carbocycles. The van der Waals surface area contributed by atoms with E-state index in [-0.39, 0.29) is 17.9 Å². The number of thiophene rings is 1. The van der Waals surface area contributed by atoms with E-state index in [0.717, 1.165) is 24.3 Å². The number of nitrogens with one attached hydrogen (secondary N) is 1. The van der Waals surface area contributed by atoms with Crippen LogP contribution in [0.3, 0.4) is 0 Å². The summed E-state index contributed by atoms with van der Waals surface area (Å²) < 4.78 is 0. The van der Waals surface area contributed by atoms with Gasteiger partial charge >= 0.3 is 0 Å². The molecule has 2 amide bonds. The van der Waals surface area contributed by atoms with E-state index >= 15 is 0 Å². The molecule has 1 fully saturated rings. The molecule has 7 heteroatoms. The van der Waals surface area contributed by atoms with Crippen molar-refractivity contribution in [3.05, 3.63) is 51.7 Å². The van der Waals surface area contributed by atoms with E-state index in [4.69, 9.17) is 5.26 Å². The maximum Gasteiger partial charge on any atom is 0.265 e. The molecule has 0 bridgehead atoms. The standard InChI is InChI=1S/C19H19N3O2S2/c1-25-12-18(23)22-9-3-6-15(22)16-7-8-17(26-16)19(24)21-14-5-2-4-13(10-14)11-20/h2,4-5,7-8,10,15H,3,6,9,12H2,1H3,(H,21,24). The number of likely N-dealkylation sites (tertiary alicyclic amines) is 1. The van der Waals surface area contributed by atoms with E-state index in [1.54, 1.807) is 30.3 Å². The van der Waals surface area contributed by atoms with Gasteiger partial charge in [0.15, 0.2) is 0 Å². The zero-order valence-corrected chi connectivity index (χ0v) is 16.0. The third-order valence-electron chi connectivity index (χ3n) is 4.27. The van der Waals surface area contributed by atoms with Crippen LogP contribution in [0.5, 0.6) is 0 Å². The molecule has 1 aliphatic rings. The molecule has 0 spiro atoms. The van der Waals surface area contributed by atoms with Crippen molar-refractivity contribution in [1.82, 2.24) is 4.90 Å². The predicted molar refractivity (Wildman–Crippen MR) is 105 cm³/mol. The number of rotatable bonds is 5. The van der Waals surface area contributed by atoms with E-state index in [0.29, 0.717) is 21.9 Å². The smallest absolute Gasteiger partial charge is 0.265 e. The Morgan fingerprint density at radius 1 is 1.38 bits per heavy atom. The largest absolute Gasteiger partial charge is 0.334 e. The Kier molecular flexibility index (Phi) is 5.96. The van der Waals surface area contributed by atoms with Crippen LogP contribution in [0.25, 0.3) is 0 Å². The Morgan fingerprint density at radius 3 is 3.00 bits per heavy atom. The number of amides is 2. The minimum atomic E-state index is -0.198. The first-order chi connectivity index (χ1) is 12.6. The quantitative estimate of drug-likeness (QED) is 0.847. The molecule has 0 radical (unpaired) electrons. The third-order valence-corrected chi connectivity index (χ3v) is 5.99. The highest BCUT2D eigenvalue weighted by Crippen LogP contribution is 2.36. The molecule has 3 rings (SSSR count). The summed E-state index contributed by atoms with van der Waals surface area (Å²) >= 11 is 2.96. The molecule has 5 nitrogen and oxygen atoms in total. The monoisotopic (exact) mass is 385 g/mol. The number of anilines is 1. The first kappa shape index (κ1) is 18.5. The lowest BCUT2D eigenvalue weighted by molar-refractivity contribution is -0.129. The van der Waals surface area contributed by atoms with E-state index < -0.39 is 0 Å². The summed E-state index contributed by atoms with van der Waals surface area (Å²) in [5.74, 6) is 0.453. The summed E-state index contributed by atoms with van der Waals surface area (Å²) in [4.78, 5) is 28.4. The van der Waals surface area contributed by atoms with Gasteiger partial charge in [-0.2, -0.15) is 17.0 Å². The lowest BCUT2D eigenvalue weighted by Gasteiger charge is -2.23.